The number of benzene rings is 1. The van der Waals surface area contributed by atoms with E-state index < -0.39 is 0 Å². The standard InChI is InChI=1S/C12H13N3O2/c1-16-10-8-11(17-2)15-12(14-10)13-9-6-4-3-5-7-9/h3-8H,1-2H3,(H,13,14,15). The molecule has 1 aromatic carbocycles. The Bertz CT molecular complexity index is 466. The maximum absolute atomic E-state index is 5.06. The smallest absolute Gasteiger partial charge is 0.233 e. The average Bonchev–Trinajstić information content (AvgIpc) is 2.39. The second-order valence-electron chi connectivity index (χ2n) is 3.27. The highest BCUT2D eigenvalue weighted by Gasteiger charge is 2.05. The number of anilines is 2. The van der Waals surface area contributed by atoms with Gasteiger partial charge in [0.1, 0.15) is 0 Å². The number of ether oxygens (including phenoxy) is 2. The van der Waals surface area contributed by atoms with Gasteiger partial charge in [0.25, 0.3) is 0 Å². The number of rotatable bonds is 4. The minimum atomic E-state index is 0.437. The first-order valence-corrected chi connectivity index (χ1v) is 5.11. The van der Waals surface area contributed by atoms with Crippen molar-refractivity contribution in [3.8, 4) is 11.8 Å². The van der Waals surface area contributed by atoms with E-state index >= 15 is 0 Å². The van der Waals surface area contributed by atoms with Crippen molar-refractivity contribution in [3.05, 3.63) is 36.4 Å². The van der Waals surface area contributed by atoms with Gasteiger partial charge < -0.3 is 14.8 Å². The second kappa shape index (κ2) is 5.16. The van der Waals surface area contributed by atoms with Crippen molar-refractivity contribution in [2.45, 2.75) is 0 Å². The molecule has 5 heteroatoms. The second-order valence-corrected chi connectivity index (χ2v) is 3.27. The lowest BCUT2D eigenvalue weighted by molar-refractivity contribution is 0.373. The first kappa shape index (κ1) is 11.2. The monoisotopic (exact) mass is 231 g/mol. The molecule has 0 aliphatic carbocycles. The van der Waals surface area contributed by atoms with Crippen molar-refractivity contribution < 1.29 is 9.47 Å². The molecule has 1 aromatic heterocycles. The number of nitrogens with one attached hydrogen (secondary N) is 1. The molecule has 1 N–H and O–H groups in total. The van der Waals surface area contributed by atoms with E-state index in [-0.39, 0.29) is 0 Å². The minimum absolute atomic E-state index is 0.437. The van der Waals surface area contributed by atoms with E-state index in [1.807, 2.05) is 30.3 Å². The zero-order valence-electron chi connectivity index (χ0n) is 9.68. The van der Waals surface area contributed by atoms with Crippen LogP contribution in [0.25, 0.3) is 0 Å². The lowest BCUT2D eigenvalue weighted by atomic mass is 10.3. The Morgan fingerprint density at radius 2 is 1.53 bits per heavy atom. The van der Waals surface area contributed by atoms with Gasteiger partial charge in [-0.25, -0.2) is 0 Å². The Morgan fingerprint density at radius 3 is 2.06 bits per heavy atom. The molecule has 0 aliphatic heterocycles. The molecule has 5 nitrogen and oxygen atoms in total. The van der Waals surface area contributed by atoms with Gasteiger partial charge in [-0.3, -0.25) is 0 Å². The Balaban J connectivity index is 2.26. The third kappa shape index (κ3) is 2.84. The Labute approximate surface area is 99.4 Å². The lowest BCUT2D eigenvalue weighted by Crippen LogP contribution is -2.00. The molecule has 0 saturated heterocycles. The molecule has 0 bridgehead atoms. The maximum Gasteiger partial charge on any atom is 0.233 e. The fourth-order valence-electron chi connectivity index (χ4n) is 1.32. The summed E-state index contributed by atoms with van der Waals surface area (Å²) in [5, 5.41) is 3.07. The largest absolute Gasteiger partial charge is 0.481 e. The van der Waals surface area contributed by atoms with Crippen LogP contribution in [0.15, 0.2) is 36.4 Å². The van der Waals surface area contributed by atoms with Crippen LogP contribution in [0.5, 0.6) is 11.8 Å². The highest BCUT2D eigenvalue weighted by atomic mass is 16.5. The van der Waals surface area contributed by atoms with Gasteiger partial charge in [-0.1, -0.05) is 18.2 Å². The van der Waals surface area contributed by atoms with Crippen LogP contribution in [-0.2, 0) is 0 Å². The first-order valence-electron chi connectivity index (χ1n) is 5.11. The molecule has 0 atom stereocenters. The lowest BCUT2D eigenvalue weighted by Gasteiger charge is -2.07. The molecule has 0 fully saturated rings. The van der Waals surface area contributed by atoms with E-state index in [2.05, 4.69) is 15.3 Å². The summed E-state index contributed by atoms with van der Waals surface area (Å²) in [4.78, 5) is 8.34. The number of hydrogen-bond acceptors (Lipinski definition) is 5. The molecule has 0 saturated carbocycles. The van der Waals surface area contributed by atoms with Crippen molar-refractivity contribution in [2.75, 3.05) is 19.5 Å². The Kier molecular flexibility index (Phi) is 3.40. The van der Waals surface area contributed by atoms with Crippen molar-refractivity contribution in [2.24, 2.45) is 0 Å². The molecule has 0 unspecified atom stereocenters. The molecule has 0 aliphatic rings. The predicted octanol–water partition coefficient (Wildman–Crippen LogP) is 2.24. The van der Waals surface area contributed by atoms with Crippen LogP contribution in [0, 0.1) is 0 Å². The number of para-hydroxylation sites is 1. The van der Waals surface area contributed by atoms with Crippen LogP contribution in [0.4, 0.5) is 11.6 Å². The number of aromatic nitrogens is 2. The van der Waals surface area contributed by atoms with Gasteiger partial charge in [0.05, 0.1) is 20.3 Å². The van der Waals surface area contributed by atoms with Crippen LogP contribution >= 0.6 is 0 Å². The SMILES string of the molecule is COc1cc(OC)nc(Nc2ccccc2)n1. The zero-order chi connectivity index (χ0) is 12.1. The fraction of sp³-hybridized carbons (Fsp3) is 0.167. The third-order valence-electron chi connectivity index (χ3n) is 2.13. The van der Waals surface area contributed by atoms with Crippen molar-refractivity contribution in [3.63, 3.8) is 0 Å². The number of methoxy groups -OCH3 is 2. The third-order valence-corrected chi connectivity index (χ3v) is 2.13. The molecule has 88 valence electrons. The molecule has 0 radical (unpaired) electrons. The summed E-state index contributed by atoms with van der Waals surface area (Å²) in [6.07, 6.45) is 0. The van der Waals surface area contributed by atoms with Gasteiger partial charge in [0.15, 0.2) is 0 Å². The van der Waals surface area contributed by atoms with Gasteiger partial charge >= 0.3 is 0 Å². The van der Waals surface area contributed by atoms with Crippen LogP contribution in [0.1, 0.15) is 0 Å². The normalized spacial score (nSPS) is 9.76. The van der Waals surface area contributed by atoms with Crippen molar-refractivity contribution in [1.29, 1.82) is 0 Å². The van der Waals surface area contributed by atoms with E-state index in [4.69, 9.17) is 9.47 Å². The minimum Gasteiger partial charge on any atom is -0.481 e. The van der Waals surface area contributed by atoms with Crippen molar-refractivity contribution >= 4 is 11.6 Å². The van der Waals surface area contributed by atoms with Crippen LogP contribution in [0.2, 0.25) is 0 Å². The molecule has 17 heavy (non-hydrogen) atoms. The van der Waals surface area contributed by atoms with E-state index in [9.17, 15) is 0 Å². The van der Waals surface area contributed by atoms with Crippen molar-refractivity contribution in [1.82, 2.24) is 9.97 Å². The Hall–Kier alpha value is -2.30. The number of hydrogen-bond donors (Lipinski definition) is 1. The number of nitrogens with zero attached hydrogens (tertiary/aromatic N) is 2. The van der Waals surface area contributed by atoms with E-state index in [1.165, 1.54) is 0 Å². The summed E-state index contributed by atoms with van der Waals surface area (Å²) in [5.74, 6) is 1.35. The summed E-state index contributed by atoms with van der Waals surface area (Å²) >= 11 is 0. The highest BCUT2D eigenvalue weighted by Crippen LogP contribution is 2.20. The first-order chi connectivity index (χ1) is 8.31. The van der Waals surface area contributed by atoms with Gasteiger partial charge in [-0.2, -0.15) is 9.97 Å². The van der Waals surface area contributed by atoms with Crippen LogP contribution < -0.4 is 14.8 Å². The molecule has 2 rings (SSSR count). The quantitative estimate of drug-likeness (QED) is 0.874. The van der Waals surface area contributed by atoms with Gasteiger partial charge in [-0.15, -0.1) is 0 Å². The molecule has 0 amide bonds. The summed E-state index contributed by atoms with van der Waals surface area (Å²) in [6.45, 7) is 0. The molecular weight excluding hydrogens is 218 g/mol. The van der Waals surface area contributed by atoms with Gasteiger partial charge in [-0.05, 0) is 12.1 Å². The Morgan fingerprint density at radius 1 is 0.941 bits per heavy atom. The van der Waals surface area contributed by atoms with E-state index in [1.54, 1.807) is 20.3 Å². The predicted molar refractivity (Wildman–Crippen MR) is 64.9 cm³/mol. The zero-order valence-corrected chi connectivity index (χ0v) is 9.68. The van der Waals surface area contributed by atoms with Crippen LogP contribution in [-0.4, -0.2) is 24.2 Å². The van der Waals surface area contributed by atoms with E-state index in [0.29, 0.717) is 17.7 Å². The molecule has 0 spiro atoms. The molecule has 2 aromatic rings. The fourth-order valence-corrected chi connectivity index (χ4v) is 1.32. The summed E-state index contributed by atoms with van der Waals surface area (Å²) in [6, 6.07) is 11.3. The molecular formula is C12H13N3O2. The highest BCUT2D eigenvalue weighted by molar-refractivity contribution is 5.53. The maximum atomic E-state index is 5.06. The van der Waals surface area contributed by atoms with Gasteiger partial charge in [0, 0.05) is 5.69 Å². The average molecular weight is 231 g/mol. The molecule has 1 heterocycles. The summed E-state index contributed by atoms with van der Waals surface area (Å²) in [7, 11) is 3.10. The topological polar surface area (TPSA) is 56.3 Å². The summed E-state index contributed by atoms with van der Waals surface area (Å²) in [5.41, 5.74) is 0.905. The van der Waals surface area contributed by atoms with E-state index in [0.717, 1.165) is 5.69 Å². The van der Waals surface area contributed by atoms with Crippen LogP contribution in [0.3, 0.4) is 0 Å². The summed E-state index contributed by atoms with van der Waals surface area (Å²) < 4.78 is 10.1. The van der Waals surface area contributed by atoms with Gasteiger partial charge in [0.2, 0.25) is 17.7 Å².